The highest BCUT2D eigenvalue weighted by Gasteiger charge is 1.93. The summed E-state index contributed by atoms with van der Waals surface area (Å²) in [5, 5.41) is 6.32. The number of hydrogen-bond donors (Lipinski definition) is 2. The molecule has 0 radical (unpaired) electrons. The Kier molecular flexibility index (Phi) is 4.46. The van der Waals surface area contributed by atoms with E-state index in [2.05, 4.69) is 21.9 Å². The van der Waals surface area contributed by atoms with Crippen LogP contribution >= 0.6 is 11.8 Å². The second-order valence-corrected chi connectivity index (χ2v) is 3.58. The summed E-state index contributed by atoms with van der Waals surface area (Å²) >= 11 is 1.84. The Bertz CT molecular complexity index is 252. The Morgan fingerprint density at radius 2 is 2.38 bits per heavy atom. The van der Waals surface area contributed by atoms with Crippen molar-refractivity contribution in [3.8, 4) is 0 Å². The van der Waals surface area contributed by atoms with E-state index in [4.69, 9.17) is 0 Å². The third-order valence-electron chi connectivity index (χ3n) is 1.65. The highest BCUT2D eigenvalue weighted by molar-refractivity contribution is 7.98. The third kappa shape index (κ3) is 3.55. The molecule has 0 bridgehead atoms. The molecule has 0 aliphatic heterocycles. The highest BCUT2D eigenvalue weighted by atomic mass is 32.2. The Morgan fingerprint density at radius 1 is 1.54 bits per heavy atom. The Morgan fingerprint density at radius 3 is 3.08 bits per heavy atom. The SMILES string of the molecule is CNc1cc(NCCSC)ccn1. The monoisotopic (exact) mass is 197 g/mol. The van der Waals surface area contributed by atoms with Gasteiger partial charge in [-0.05, 0) is 12.3 Å². The molecule has 4 heteroatoms. The number of pyridine rings is 1. The van der Waals surface area contributed by atoms with Gasteiger partial charge in [-0.3, -0.25) is 0 Å². The van der Waals surface area contributed by atoms with Crippen LogP contribution in [0, 0.1) is 0 Å². The van der Waals surface area contributed by atoms with Gasteiger partial charge in [-0.25, -0.2) is 4.98 Å². The van der Waals surface area contributed by atoms with Gasteiger partial charge >= 0.3 is 0 Å². The molecule has 13 heavy (non-hydrogen) atoms. The smallest absolute Gasteiger partial charge is 0.127 e. The maximum Gasteiger partial charge on any atom is 0.127 e. The summed E-state index contributed by atoms with van der Waals surface area (Å²) in [4.78, 5) is 4.13. The van der Waals surface area contributed by atoms with Crippen molar-refractivity contribution >= 4 is 23.3 Å². The van der Waals surface area contributed by atoms with Crippen LogP contribution in [0.25, 0.3) is 0 Å². The number of rotatable bonds is 5. The molecule has 1 aromatic rings. The lowest BCUT2D eigenvalue weighted by molar-refractivity contribution is 1.21. The first-order valence-corrected chi connectivity index (χ1v) is 5.63. The average molecular weight is 197 g/mol. The number of aromatic nitrogens is 1. The van der Waals surface area contributed by atoms with Crippen molar-refractivity contribution in [1.29, 1.82) is 0 Å². The molecule has 0 saturated heterocycles. The van der Waals surface area contributed by atoms with E-state index in [0.29, 0.717) is 0 Å². The van der Waals surface area contributed by atoms with Crippen molar-refractivity contribution in [2.45, 2.75) is 0 Å². The molecule has 0 fully saturated rings. The van der Waals surface area contributed by atoms with Gasteiger partial charge in [-0.1, -0.05) is 0 Å². The molecule has 0 spiro atoms. The quantitative estimate of drug-likeness (QED) is 0.707. The molecule has 72 valence electrons. The summed E-state index contributed by atoms with van der Waals surface area (Å²) in [6.45, 7) is 0.994. The largest absolute Gasteiger partial charge is 0.384 e. The molecule has 0 atom stereocenters. The first-order chi connectivity index (χ1) is 6.36. The van der Waals surface area contributed by atoms with Gasteiger partial charge in [0.15, 0.2) is 0 Å². The normalized spacial score (nSPS) is 9.69. The maximum atomic E-state index is 4.13. The molecule has 3 nitrogen and oxygen atoms in total. The van der Waals surface area contributed by atoms with Crippen molar-refractivity contribution < 1.29 is 0 Å². The molecule has 0 unspecified atom stereocenters. The van der Waals surface area contributed by atoms with Crippen molar-refractivity contribution in [1.82, 2.24) is 4.98 Å². The van der Waals surface area contributed by atoms with E-state index in [9.17, 15) is 0 Å². The van der Waals surface area contributed by atoms with Crippen LogP contribution in [0.3, 0.4) is 0 Å². The predicted octanol–water partition coefficient (Wildman–Crippen LogP) is 1.90. The Labute approximate surface area is 83.3 Å². The third-order valence-corrected chi connectivity index (χ3v) is 2.26. The van der Waals surface area contributed by atoms with Crippen LogP contribution in [0.1, 0.15) is 0 Å². The van der Waals surface area contributed by atoms with Gasteiger partial charge in [0.05, 0.1) is 0 Å². The number of hydrogen-bond acceptors (Lipinski definition) is 4. The molecule has 0 aliphatic rings. The van der Waals surface area contributed by atoms with Crippen LogP contribution < -0.4 is 10.6 Å². The topological polar surface area (TPSA) is 37.0 Å². The maximum absolute atomic E-state index is 4.13. The van der Waals surface area contributed by atoms with E-state index in [1.54, 1.807) is 6.20 Å². The standard InChI is InChI=1S/C9H15N3S/c1-10-9-7-8(3-4-12-9)11-5-6-13-2/h3-4,7H,5-6H2,1-2H3,(H2,10,11,12). The summed E-state index contributed by atoms with van der Waals surface area (Å²) in [5.74, 6) is 2.02. The highest BCUT2D eigenvalue weighted by Crippen LogP contribution is 2.10. The van der Waals surface area contributed by atoms with Crippen molar-refractivity contribution in [2.24, 2.45) is 0 Å². The van der Waals surface area contributed by atoms with Crippen LogP contribution in [0.2, 0.25) is 0 Å². The number of anilines is 2. The van der Waals surface area contributed by atoms with E-state index in [0.717, 1.165) is 23.8 Å². The van der Waals surface area contributed by atoms with Crippen molar-refractivity contribution in [3.05, 3.63) is 18.3 Å². The van der Waals surface area contributed by atoms with Crippen LogP contribution in [0.15, 0.2) is 18.3 Å². The first-order valence-electron chi connectivity index (χ1n) is 4.23. The summed E-state index contributed by atoms with van der Waals surface area (Å²) in [6.07, 6.45) is 3.90. The van der Waals surface area contributed by atoms with Gasteiger partial charge in [-0.2, -0.15) is 11.8 Å². The molecule has 1 heterocycles. The first kappa shape index (κ1) is 10.2. The minimum atomic E-state index is 0.897. The van der Waals surface area contributed by atoms with Gasteiger partial charge in [0.2, 0.25) is 0 Å². The van der Waals surface area contributed by atoms with Crippen molar-refractivity contribution in [3.63, 3.8) is 0 Å². The lowest BCUT2D eigenvalue weighted by atomic mass is 10.4. The van der Waals surface area contributed by atoms with Crippen molar-refractivity contribution in [2.75, 3.05) is 36.2 Å². The van der Waals surface area contributed by atoms with E-state index in [-0.39, 0.29) is 0 Å². The number of thioether (sulfide) groups is 1. The molecule has 1 aromatic heterocycles. The minimum Gasteiger partial charge on any atom is -0.384 e. The molecular weight excluding hydrogens is 182 g/mol. The second-order valence-electron chi connectivity index (χ2n) is 2.60. The van der Waals surface area contributed by atoms with Crippen LogP contribution in [0.5, 0.6) is 0 Å². The molecule has 0 aliphatic carbocycles. The molecule has 0 amide bonds. The average Bonchev–Trinajstić information content (AvgIpc) is 2.19. The van der Waals surface area contributed by atoms with Gasteiger partial charge in [0.1, 0.15) is 5.82 Å². The fourth-order valence-electron chi connectivity index (χ4n) is 0.975. The van der Waals surface area contributed by atoms with Gasteiger partial charge in [0.25, 0.3) is 0 Å². The van der Waals surface area contributed by atoms with Gasteiger partial charge in [0, 0.05) is 37.3 Å². The fourth-order valence-corrected chi connectivity index (χ4v) is 1.28. The predicted molar refractivity (Wildman–Crippen MR) is 60.7 cm³/mol. The zero-order valence-corrected chi connectivity index (χ0v) is 8.82. The second kappa shape index (κ2) is 5.70. The van der Waals surface area contributed by atoms with Gasteiger partial charge in [-0.15, -0.1) is 0 Å². The van der Waals surface area contributed by atoms with Crippen LogP contribution in [0.4, 0.5) is 11.5 Å². The van der Waals surface area contributed by atoms with E-state index >= 15 is 0 Å². The Balaban J connectivity index is 2.46. The zero-order chi connectivity index (χ0) is 9.52. The van der Waals surface area contributed by atoms with Crippen LogP contribution in [-0.2, 0) is 0 Å². The molecule has 0 aromatic carbocycles. The summed E-state index contributed by atoms with van der Waals surface area (Å²) in [6, 6.07) is 3.97. The van der Waals surface area contributed by atoms with E-state index < -0.39 is 0 Å². The summed E-state index contributed by atoms with van der Waals surface area (Å²) in [7, 11) is 1.87. The summed E-state index contributed by atoms with van der Waals surface area (Å²) < 4.78 is 0. The fraction of sp³-hybridized carbons (Fsp3) is 0.444. The van der Waals surface area contributed by atoms with Gasteiger partial charge < -0.3 is 10.6 Å². The minimum absolute atomic E-state index is 0.897. The number of nitrogens with zero attached hydrogens (tertiary/aromatic N) is 1. The lowest BCUT2D eigenvalue weighted by Crippen LogP contribution is -2.04. The van der Waals surface area contributed by atoms with Crippen LogP contribution in [-0.4, -0.2) is 30.6 Å². The Hall–Kier alpha value is -0.900. The zero-order valence-electron chi connectivity index (χ0n) is 8.00. The molecular formula is C9H15N3S. The lowest BCUT2D eigenvalue weighted by Gasteiger charge is -2.06. The molecule has 2 N–H and O–H groups in total. The summed E-state index contributed by atoms with van der Waals surface area (Å²) in [5.41, 5.74) is 1.12. The van der Waals surface area contributed by atoms with E-state index in [1.165, 1.54) is 0 Å². The number of nitrogens with one attached hydrogen (secondary N) is 2. The molecule has 0 saturated carbocycles. The van der Waals surface area contributed by atoms with E-state index in [1.807, 2.05) is 30.9 Å². The molecule has 1 rings (SSSR count).